The highest BCUT2D eigenvalue weighted by atomic mass is 16.4. The Morgan fingerprint density at radius 2 is 2.06 bits per heavy atom. The molecule has 4 N–H and O–H groups in total. The van der Waals surface area contributed by atoms with Crippen LogP contribution in [0.4, 0.5) is 4.79 Å². The SMILES string of the molecule is Cc1ccccc1C(CC(=O)O)NC(N)=O. The molecule has 1 atom stereocenters. The number of primary amides is 1. The van der Waals surface area contributed by atoms with Crippen LogP contribution >= 0.6 is 0 Å². The monoisotopic (exact) mass is 222 g/mol. The van der Waals surface area contributed by atoms with Crippen LogP contribution in [0.15, 0.2) is 24.3 Å². The molecule has 0 spiro atoms. The van der Waals surface area contributed by atoms with E-state index in [1.165, 1.54) is 0 Å². The number of aliphatic carboxylic acids is 1. The van der Waals surface area contributed by atoms with E-state index in [9.17, 15) is 9.59 Å². The van der Waals surface area contributed by atoms with Crippen molar-refractivity contribution in [3.8, 4) is 0 Å². The van der Waals surface area contributed by atoms with Crippen molar-refractivity contribution in [3.63, 3.8) is 0 Å². The van der Waals surface area contributed by atoms with Crippen LogP contribution in [0, 0.1) is 6.92 Å². The molecule has 16 heavy (non-hydrogen) atoms. The molecule has 0 saturated heterocycles. The number of nitrogens with one attached hydrogen (secondary N) is 1. The third-order valence-electron chi connectivity index (χ3n) is 2.26. The predicted molar refractivity (Wildman–Crippen MR) is 58.9 cm³/mol. The Balaban J connectivity index is 2.96. The molecule has 0 aliphatic rings. The molecule has 0 heterocycles. The molecule has 0 saturated carbocycles. The average Bonchev–Trinajstić information content (AvgIpc) is 2.15. The van der Waals surface area contributed by atoms with Gasteiger partial charge in [-0.2, -0.15) is 0 Å². The first kappa shape index (κ1) is 12.0. The zero-order chi connectivity index (χ0) is 12.1. The van der Waals surface area contributed by atoms with Gasteiger partial charge in [-0.1, -0.05) is 24.3 Å². The number of carboxylic acid groups (broad SMARTS) is 1. The van der Waals surface area contributed by atoms with Crippen molar-refractivity contribution in [2.24, 2.45) is 5.73 Å². The topological polar surface area (TPSA) is 92.4 Å². The van der Waals surface area contributed by atoms with Crippen LogP contribution in [0.25, 0.3) is 0 Å². The molecular formula is C11H14N2O3. The first-order valence-corrected chi connectivity index (χ1v) is 4.84. The summed E-state index contributed by atoms with van der Waals surface area (Å²) in [6, 6.07) is 5.96. The van der Waals surface area contributed by atoms with Crippen molar-refractivity contribution < 1.29 is 14.7 Å². The van der Waals surface area contributed by atoms with Gasteiger partial charge in [0.05, 0.1) is 12.5 Å². The lowest BCUT2D eigenvalue weighted by molar-refractivity contribution is -0.137. The van der Waals surface area contributed by atoms with Gasteiger partial charge in [-0.15, -0.1) is 0 Å². The summed E-state index contributed by atoms with van der Waals surface area (Å²) >= 11 is 0. The standard InChI is InChI=1S/C11H14N2O3/c1-7-4-2-3-5-8(7)9(6-10(14)15)13-11(12)16/h2-5,9H,6H2,1H3,(H,14,15)(H3,12,13,16). The van der Waals surface area contributed by atoms with Gasteiger partial charge in [0.15, 0.2) is 0 Å². The Bertz CT molecular complexity index is 388. The van der Waals surface area contributed by atoms with Gasteiger partial charge < -0.3 is 16.2 Å². The Labute approximate surface area is 93.3 Å². The fraction of sp³-hybridized carbons (Fsp3) is 0.273. The molecule has 0 aliphatic heterocycles. The summed E-state index contributed by atoms with van der Waals surface area (Å²) in [6.07, 6.45) is -0.187. The Hall–Kier alpha value is -2.04. The normalized spacial score (nSPS) is 11.8. The van der Waals surface area contributed by atoms with Gasteiger partial charge in [-0.25, -0.2) is 4.79 Å². The van der Waals surface area contributed by atoms with Crippen molar-refractivity contribution >= 4 is 12.0 Å². The van der Waals surface area contributed by atoms with Gasteiger partial charge in [0.1, 0.15) is 0 Å². The molecule has 1 aromatic carbocycles. The van der Waals surface area contributed by atoms with Crippen LogP contribution in [0.5, 0.6) is 0 Å². The summed E-state index contributed by atoms with van der Waals surface area (Å²) in [4.78, 5) is 21.5. The van der Waals surface area contributed by atoms with Crippen LogP contribution in [0.1, 0.15) is 23.6 Å². The predicted octanol–water partition coefficient (Wildman–Crippen LogP) is 1.18. The molecular weight excluding hydrogens is 208 g/mol. The van der Waals surface area contributed by atoms with Gasteiger partial charge in [0, 0.05) is 0 Å². The van der Waals surface area contributed by atoms with E-state index in [1.54, 1.807) is 12.1 Å². The van der Waals surface area contributed by atoms with Gasteiger partial charge in [0.2, 0.25) is 0 Å². The molecule has 0 fully saturated rings. The lowest BCUT2D eigenvalue weighted by Gasteiger charge is -2.17. The molecule has 0 radical (unpaired) electrons. The molecule has 0 aliphatic carbocycles. The van der Waals surface area contributed by atoms with E-state index in [-0.39, 0.29) is 6.42 Å². The van der Waals surface area contributed by atoms with Gasteiger partial charge in [-0.05, 0) is 18.1 Å². The van der Waals surface area contributed by atoms with Crippen LogP contribution in [-0.4, -0.2) is 17.1 Å². The van der Waals surface area contributed by atoms with E-state index < -0.39 is 18.0 Å². The number of aryl methyl sites for hydroxylation is 1. The molecule has 5 heteroatoms. The van der Waals surface area contributed by atoms with Gasteiger partial charge in [-0.3, -0.25) is 4.79 Å². The number of hydrogen-bond donors (Lipinski definition) is 3. The third kappa shape index (κ3) is 3.27. The zero-order valence-electron chi connectivity index (χ0n) is 8.93. The molecule has 86 valence electrons. The van der Waals surface area contributed by atoms with E-state index >= 15 is 0 Å². The van der Waals surface area contributed by atoms with Gasteiger partial charge >= 0.3 is 12.0 Å². The third-order valence-corrected chi connectivity index (χ3v) is 2.26. The number of benzene rings is 1. The van der Waals surface area contributed by atoms with Crippen LogP contribution in [0.3, 0.4) is 0 Å². The number of carbonyl (C=O) groups excluding carboxylic acids is 1. The van der Waals surface area contributed by atoms with Gasteiger partial charge in [0.25, 0.3) is 0 Å². The molecule has 5 nitrogen and oxygen atoms in total. The van der Waals surface area contributed by atoms with E-state index in [2.05, 4.69) is 5.32 Å². The minimum absolute atomic E-state index is 0.187. The van der Waals surface area contributed by atoms with E-state index in [4.69, 9.17) is 10.8 Å². The Morgan fingerprint density at radius 1 is 1.44 bits per heavy atom. The summed E-state index contributed by atoms with van der Waals surface area (Å²) < 4.78 is 0. The Morgan fingerprint density at radius 3 is 2.56 bits per heavy atom. The van der Waals surface area contributed by atoms with Crippen LogP contribution in [-0.2, 0) is 4.79 Å². The van der Waals surface area contributed by atoms with E-state index in [0.717, 1.165) is 11.1 Å². The minimum atomic E-state index is -0.984. The lowest BCUT2D eigenvalue weighted by atomic mass is 9.99. The maximum atomic E-state index is 10.8. The summed E-state index contributed by atoms with van der Waals surface area (Å²) in [5.74, 6) is -0.984. The number of amides is 2. The number of carboxylic acids is 1. The summed E-state index contributed by atoms with van der Waals surface area (Å²) in [5.41, 5.74) is 6.70. The number of hydrogen-bond acceptors (Lipinski definition) is 2. The van der Waals surface area contributed by atoms with Crippen molar-refractivity contribution in [3.05, 3.63) is 35.4 Å². The average molecular weight is 222 g/mol. The molecule has 0 aromatic heterocycles. The number of nitrogens with two attached hydrogens (primary N) is 1. The molecule has 2 amide bonds. The first-order valence-electron chi connectivity index (χ1n) is 4.84. The van der Waals surface area contributed by atoms with E-state index in [1.807, 2.05) is 19.1 Å². The summed E-state index contributed by atoms with van der Waals surface area (Å²) in [6.45, 7) is 1.85. The highest BCUT2D eigenvalue weighted by Crippen LogP contribution is 2.20. The molecule has 1 rings (SSSR count). The largest absolute Gasteiger partial charge is 0.481 e. The highest BCUT2D eigenvalue weighted by Gasteiger charge is 2.18. The molecule has 0 bridgehead atoms. The number of carbonyl (C=O) groups is 2. The second-order valence-corrected chi connectivity index (χ2v) is 3.52. The number of urea groups is 1. The number of rotatable bonds is 4. The zero-order valence-corrected chi connectivity index (χ0v) is 8.93. The fourth-order valence-corrected chi connectivity index (χ4v) is 1.56. The smallest absolute Gasteiger partial charge is 0.312 e. The minimum Gasteiger partial charge on any atom is -0.481 e. The second kappa shape index (κ2) is 5.16. The lowest BCUT2D eigenvalue weighted by Crippen LogP contribution is -2.34. The van der Waals surface area contributed by atoms with E-state index in [0.29, 0.717) is 0 Å². The van der Waals surface area contributed by atoms with Crippen molar-refractivity contribution in [1.82, 2.24) is 5.32 Å². The van der Waals surface area contributed by atoms with Crippen molar-refractivity contribution in [2.45, 2.75) is 19.4 Å². The molecule has 1 aromatic rings. The second-order valence-electron chi connectivity index (χ2n) is 3.52. The first-order chi connectivity index (χ1) is 7.50. The summed E-state index contributed by atoms with van der Waals surface area (Å²) in [7, 11) is 0. The molecule has 1 unspecified atom stereocenters. The Kier molecular flexibility index (Phi) is 3.88. The van der Waals surface area contributed by atoms with Crippen LogP contribution < -0.4 is 11.1 Å². The van der Waals surface area contributed by atoms with Crippen LogP contribution in [0.2, 0.25) is 0 Å². The fourth-order valence-electron chi connectivity index (χ4n) is 1.56. The maximum absolute atomic E-state index is 10.8. The quantitative estimate of drug-likeness (QED) is 0.714. The summed E-state index contributed by atoms with van der Waals surface area (Å²) in [5, 5.41) is 11.2. The van der Waals surface area contributed by atoms with Crippen molar-refractivity contribution in [1.29, 1.82) is 0 Å². The maximum Gasteiger partial charge on any atom is 0.312 e. The van der Waals surface area contributed by atoms with Crippen molar-refractivity contribution in [2.75, 3.05) is 0 Å². The highest BCUT2D eigenvalue weighted by molar-refractivity contribution is 5.74.